The van der Waals surface area contributed by atoms with Crippen LogP contribution in [0, 0.1) is 5.21 Å². The Morgan fingerprint density at radius 1 is 1.14 bits per heavy atom. The number of hydrogen-bond acceptors (Lipinski definition) is 4. The molecule has 0 saturated carbocycles. The van der Waals surface area contributed by atoms with Crippen LogP contribution in [0.15, 0.2) is 64.4 Å². The van der Waals surface area contributed by atoms with E-state index in [2.05, 4.69) is 0 Å². The van der Waals surface area contributed by atoms with Crippen LogP contribution in [-0.2, 0) is 4.79 Å². The van der Waals surface area contributed by atoms with Gasteiger partial charge in [-0.05, 0) is 23.3 Å². The highest BCUT2D eigenvalue weighted by molar-refractivity contribution is 8.03. The Kier molecular flexibility index (Phi) is 4.22. The normalized spacial score (nSPS) is 16.8. The Morgan fingerprint density at radius 2 is 1.91 bits per heavy atom. The van der Waals surface area contributed by atoms with Gasteiger partial charge >= 0.3 is 0 Å². The minimum absolute atomic E-state index is 0.259. The molecule has 0 aliphatic carbocycles. The lowest BCUT2D eigenvalue weighted by molar-refractivity contribution is -0.991. The average molecular weight is 311 g/mol. The number of benzene rings is 2. The highest BCUT2D eigenvalue weighted by Gasteiger charge is 2.15. The first-order valence-corrected chi connectivity index (χ1v) is 7.49. The first-order valence-electron chi connectivity index (χ1n) is 6.67. The van der Waals surface area contributed by atoms with Crippen LogP contribution in [-0.4, -0.2) is 11.5 Å². The molecule has 0 amide bonds. The van der Waals surface area contributed by atoms with E-state index in [1.807, 2.05) is 42.5 Å². The summed E-state index contributed by atoms with van der Waals surface area (Å²) in [4.78, 5) is 13.3. The molecule has 1 heterocycles. The van der Waals surface area contributed by atoms with Gasteiger partial charge in [0.05, 0.1) is 0 Å². The number of quaternary nitrogens is 1. The maximum absolute atomic E-state index is 11.5. The third-order valence-corrected chi connectivity index (χ3v) is 4.53. The minimum atomic E-state index is -0.944. The van der Waals surface area contributed by atoms with Crippen LogP contribution in [0.3, 0.4) is 0 Å². The molecule has 22 heavy (non-hydrogen) atoms. The molecular weight excluding hydrogens is 298 g/mol. The average Bonchev–Trinajstić information content (AvgIpc) is 2.56. The summed E-state index contributed by atoms with van der Waals surface area (Å²) in [6.45, 7) is 0. The van der Waals surface area contributed by atoms with Crippen LogP contribution < -0.4 is 5.23 Å². The zero-order valence-electron chi connectivity index (χ0n) is 11.5. The summed E-state index contributed by atoms with van der Waals surface area (Å²) < 4.78 is 0. The van der Waals surface area contributed by atoms with E-state index >= 15 is 0 Å². The van der Waals surface area contributed by atoms with Crippen molar-refractivity contribution in [2.75, 3.05) is 0 Å². The summed E-state index contributed by atoms with van der Waals surface area (Å²) in [7, 11) is 0. The van der Waals surface area contributed by atoms with Gasteiger partial charge in [-0.15, -0.1) is 0 Å². The summed E-state index contributed by atoms with van der Waals surface area (Å²) in [6, 6.07) is 14.5. The highest BCUT2D eigenvalue weighted by Crippen LogP contribution is 2.39. The molecule has 2 aromatic rings. The van der Waals surface area contributed by atoms with Gasteiger partial charge in [0.1, 0.15) is 0 Å². The third-order valence-electron chi connectivity index (χ3n) is 3.36. The standard InChI is InChI=1S/C17H13NO3S/c19-11-15(12-4-2-1-3-5-12)17-8-6-13-10-14(18(20)21)7-9-16(13)22-17/h1-11,18,20H/b17-15-. The molecule has 0 saturated heterocycles. The van der Waals surface area contributed by atoms with E-state index in [1.165, 1.54) is 11.8 Å². The van der Waals surface area contributed by atoms with Crippen molar-refractivity contribution < 1.29 is 15.2 Å². The smallest absolute Gasteiger partial charge is 0.164 e. The highest BCUT2D eigenvalue weighted by atomic mass is 32.2. The number of nitrogens with one attached hydrogen (secondary N) is 1. The van der Waals surface area contributed by atoms with Gasteiger partial charge in [-0.25, -0.2) is 5.21 Å². The lowest BCUT2D eigenvalue weighted by Crippen LogP contribution is -2.99. The van der Waals surface area contributed by atoms with Crippen molar-refractivity contribution >= 4 is 35.4 Å². The maximum Gasteiger partial charge on any atom is 0.164 e. The van der Waals surface area contributed by atoms with Crippen molar-refractivity contribution in [3.8, 4) is 0 Å². The number of carbonyl (C=O) groups excluding carboxylic acids is 1. The molecule has 110 valence electrons. The topological polar surface area (TPSA) is 64.8 Å². The minimum Gasteiger partial charge on any atom is -0.595 e. The molecule has 5 heteroatoms. The van der Waals surface area contributed by atoms with E-state index in [4.69, 9.17) is 5.21 Å². The Labute approximate surface area is 131 Å². The molecule has 1 atom stereocenters. The number of allylic oxidation sites excluding steroid dienone is 2. The van der Waals surface area contributed by atoms with Crippen LogP contribution in [0.5, 0.6) is 0 Å². The van der Waals surface area contributed by atoms with Gasteiger partial charge in [-0.1, -0.05) is 48.2 Å². The van der Waals surface area contributed by atoms with Gasteiger partial charge in [0, 0.05) is 27.5 Å². The lowest BCUT2D eigenvalue weighted by atomic mass is 10.1. The zero-order chi connectivity index (χ0) is 15.5. The van der Waals surface area contributed by atoms with Crippen molar-refractivity contribution in [2.45, 2.75) is 4.90 Å². The fraction of sp³-hybridized carbons (Fsp3) is 0. The SMILES string of the molecule is O=C/C(=C1\C=Cc2cc([NH+]([O-])O)ccc2S1)c1ccccc1. The van der Waals surface area contributed by atoms with Crippen LogP contribution in [0.25, 0.3) is 11.6 Å². The molecule has 1 unspecified atom stereocenters. The molecule has 0 fully saturated rings. The van der Waals surface area contributed by atoms with Crippen molar-refractivity contribution in [3.63, 3.8) is 0 Å². The van der Waals surface area contributed by atoms with E-state index < -0.39 is 5.23 Å². The molecule has 1 aliphatic heterocycles. The summed E-state index contributed by atoms with van der Waals surface area (Å²) in [5.74, 6) is 0. The molecule has 2 N–H and O–H groups in total. The number of fused-ring (bicyclic) bond motifs is 1. The Bertz CT molecular complexity index is 767. The van der Waals surface area contributed by atoms with E-state index in [9.17, 15) is 10.0 Å². The quantitative estimate of drug-likeness (QED) is 0.520. The zero-order valence-corrected chi connectivity index (χ0v) is 12.3. The largest absolute Gasteiger partial charge is 0.595 e. The summed E-state index contributed by atoms with van der Waals surface area (Å²) in [6.07, 6.45) is 4.56. The van der Waals surface area contributed by atoms with E-state index in [0.29, 0.717) is 5.57 Å². The number of hydrogen-bond donors (Lipinski definition) is 2. The van der Waals surface area contributed by atoms with Crippen LogP contribution in [0.2, 0.25) is 0 Å². The van der Waals surface area contributed by atoms with Crippen LogP contribution in [0.4, 0.5) is 5.69 Å². The molecule has 4 nitrogen and oxygen atoms in total. The van der Waals surface area contributed by atoms with Crippen molar-refractivity contribution in [2.24, 2.45) is 0 Å². The maximum atomic E-state index is 11.5. The number of thioether (sulfide) groups is 1. The third kappa shape index (κ3) is 2.88. The van der Waals surface area contributed by atoms with Gasteiger partial charge in [-0.2, -0.15) is 5.23 Å². The predicted molar refractivity (Wildman–Crippen MR) is 86.5 cm³/mol. The molecule has 0 bridgehead atoms. The predicted octanol–water partition coefficient (Wildman–Crippen LogP) is 2.82. The van der Waals surface area contributed by atoms with Crippen LogP contribution >= 0.6 is 11.8 Å². The summed E-state index contributed by atoms with van der Waals surface area (Å²) in [5, 5.41) is 19.1. The summed E-state index contributed by atoms with van der Waals surface area (Å²) in [5.41, 5.74) is 2.62. The molecule has 1 aliphatic rings. The fourth-order valence-corrected chi connectivity index (χ4v) is 3.28. The Balaban J connectivity index is 2.01. The molecule has 3 rings (SSSR count). The number of aldehydes is 1. The van der Waals surface area contributed by atoms with Gasteiger partial charge in [0.15, 0.2) is 12.0 Å². The second kappa shape index (κ2) is 6.29. The van der Waals surface area contributed by atoms with Crippen molar-refractivity contribution in [1.29, 1.82) is 0 Å². The molecule has 0 spiro atoms. The van der Waals surface area contributed by atoms with E-state index in [0.717, 1.165) is 27.2 Å². The van der Waals surface area contributed by atoms with Crippen LogP contribution in [0.1, 0.15) is 11.1 Å². The fourth-order valence-electron chi connectivity index (χ4n) is 2.25. The van der Waals surface area contributed by atoms with Crippen molar-refractivity contribution in [3.05, 3.63) is 75.8 Å². The van der Waals surface area contributed by atoms with Gasteiger partial charge in [0.2, 0.25) is 0 Å². The summed E-state index contributed by atoms with van der Waals surface area (Å²) >= 11 is 1.47. The number of carbonyl (C=O) groups is 1. The van der Waals surface area contributed by atoms with E-state index in [1.54, 1.807) is 18.2 Å². The first kappa shape index (κ1) is 14.7. The second-order valence-electron chi connectivity index (χ2n) is 4.75. The van der Waals surface area contributed by atoms with Crippen molar-refractivity contribution in [1.82, 2.24) is 0 Å². The van der Waals surface area contributed by atoms with Gasteiger partial charge in [0.25, 0.3) is 0 Å². The van der Waals surface area contributed by atoms with E-state index in [-0.39, 0.29) is 5.69 Å². The number of rotatable bonds is 3. The monoisotopic (exact) mass is 311 g/mol. The van der Waals surface area contributed by atoms with Gasteiger partial charge < -0.3 is 5.21 Å². The molecule has 0 aromatic heterocycles. The lowest BCUT2D eigenvalue weighted by Gasteiger charge is -2.17. The molecule has 2 aromatic carbocycles. The Hall–Kier alpha value is -2.18. The first-order chi connectivity index (χ1) is 10.7. The molecular formula is C17H13NO3S. The second-order valence-corrected chi connectivity index (χ2v) is 5.84. The van der Waals surface area contributed by atoms with Gasteiger partial charge in [-0.3, -0.25) is 4.79 Å². The molecule has 0 radical (unpaired) electrons. The Morgan fingerprint density at radius 3 is 2.59 bits per heavy atom.